The van der Waals surface area contributed by atoms with Crippen LogP contribution in [0, 0.1) is 5.41 Å². The molecule has 2 nitrogen and oxygen atoms in total. The second kappa shape index (κ2) is 17.6. The summed E-state index contributed by atoms with van der Waals surface area (Å²) in [6.45, 7) is 3.88. The first-order chi connectivity index (χ1) is 9.41. The first-order valence-electron chi connectivity index (χ1n) is 8.48. The van der Waals surface area contributed by atoms with Gasteiger partial charge in [0.25, 0.3) is 0 Å². The summed E-state index contributed by atoms with van der Waals surface area (Å²) in [7, 11) is 0. The van der Waals surface area contributed by atoms with E-state index < -0.39 is 0 Å². The molecule has 1 N–H and O–H groups in total. The van der Waals surface area contributed by atoms with Gasteiger partial charge < -0.3 is 10.1 Å². The molecule has 0 aliphatic rings. The van der Waals surface area contributed by atoms with Gasteiger partial charge in [0.2, 0.25) is 0 Å². The van der Waals surface area contributed by atoms with Gasteiger partial charge >= 0.3 is 0 Å². The van der Waals surface area contributed by atoms with Crippen molar-refractivity contribution in [1.29, 1.82) is 5.41 Å². The molecular formula is C17H35NO. The van der Waals surface area contributed by atoms with Crippen LogP contribution in [0.5, 0.6) is 0 Å². The molecule has 114 valence electrons. The van der Waals surface area contributed by atoms with Gasteiger partial charge in [-0.25, -0.2) is 0 Å². The van der Waals surface area contributed by atoms with E-state index in [1.165, 1.54) is 83.3 Å². The molecule has 19 heavy (non-hydrogen) atoms. The van der Waals surface area contributed by atoms with Crippen molar-refractivity contribution in [3.63, 3.8) is 0 Å². The molecule has 0 aliphatic heterocycles. The minimum absolute atomic E-state index is 0.724. The zero-order chi connectivity index (χ0) is 14.0. The van der Waals surface area contributed by atoms with Crippen LogP contribution in [-0.4, -0.2) is 19.4 Å². The summed E-state index contributed by atoms with van der Waals surface area (Å²) in [6.07, 6.45) is 18.8. The lowest BCUT2D eigenvalue weighted by molar-refractivity contribution is 0.137. The average Bonchev–Trinajstić information content (AvgIpc) is 2.43. The monoisotopic (exact) mass is 269 g/mol. The second-order valence-electron chi connectivity index (χ2n) is 5.49. The Balaban J connectivity index is 2.89. The summed E-state index contributed by atoms with van der Waals surface area (Å²) in [5.74, 6) is 0. The number of nitrogens with one attached hydrogen (secondary N) is 1. The summed E-state index contributed by atoms with van der Waals surface area (Å²) in [5, 5.41) is 6.87. The SMILES string of the molecule is CCCCCCCCCCCCCCOCCC=N. The van der Waals surface area contributed by atoms with Crippen molar-refractivity contribution in [3.05, 3.63) is 0 Å². The molecule has 0 radical (unpaired) electrons. The fourth-order valence-electron chi connectivity index (χ4n) is 2.29. The third-order valence-electron chi connectivity index (χ3n) is 3.55. The van der Waals surface area contributed by atoms with Gasteiger partial charge in [0, 0.05) is 13.0 Å². The van der Waals surface area contributed by atoms with Crippen molar-refractivity contribution in [2.45, 2.75) is 90.4 Å². The predicted octanol–water partition coefficient (Wildman–Crippen LogP) is 5.74. The van der Waals surface area contributed by atoms with Gasteiger partial charge in [-0.3, -0.25) is 0 Å². The molecule has 0 saturated carbocycles. The van der Waals surface area contributed by atoms with E-state index in [4.69, 9.17) is 10.1 Å². The van der Waals surface area contributed by atoms with E-state index in [0.717, 1.165) is 19.6 Å². The Hall–Kier alpha value is -0.370. The molecule has 0 saturated heterocycles. The number of unbranched alkanes of at least 4 members (excludes halogenated alkanes) is 11. The smallest absolute Gasteiger partial charge is 0.0515 e. The van der Waals surface area contributed by atoms with E-state index in [2.05, 4.69) is 6.92 Å². The molecule has 0 aliphatic carbocycles. The van der Waals surface area contributed by atoms with Crippen molar-refractivity contribution < 1.29 is 4.74 Å². The highest BCUT2D eigenvalue weighted by Crippen LogP contribution is 2.11. The highest BCUT2D eigenvalue weighted by molar-refractivity contribution is 5.52. The van der Waals surface area contributed by atoms with Crippen LogP contribution in [0.3, 0.4) is 0 Å². The largest absolute Gasteiger partial charge is 0.381 e. The summed E-state index contributed by atoms with van der Waals surface area (Å²) in [4.78, 5) is 0. The van der Waals surface area contributed by atoms with Crippen LogP contribution in [0.2, 0.25) is 0 Å². The Bertz CT molecular complexity index is 171. The summed E-state index contributed by atoms with van der Waals surface area (Å²) < 4.78 is 5.41. The number of ether oxygens (including phenoxy) is 1. The fraction of sp³-hybridized carbons (Fsp3) is 0.941. The van der Waals surface area contributed by atoms with Crippen LogP contribution in [0.25, 0.3) is 0 Å². The standard InChI is InChI=1S/C17H35NO/c1-2-3-4-5-6-7-8-9-10-11-12-13-16-19-17-14-15-18/h15,18H,2-14,16-17H2,1H3. The molecular weight excluding hydrogens is 234 g/mol. The Morgan fingerprint density at radius 2 is 1.16 bits per heavy atom. The molecule has 0 rings (SSSR count). The maximum absolute atomic E-state index is 6.87. The molecule has 0 unspecified atom stereocenters. The van der Waals surface area contributed by atoms with Crippen LogP contribution in [-0.2, 0) is 4.74 Å². The van der Waals surface area contributed by atoms with Gasteiger partial charge in [0.05, 0.1) is 6.61 Å². The van der Waals surface area contributed by atoms with E-state index in [-0.39, 0.29) is 0 Å². The third-order valence-corrected chi connectivity index (χ3v) is 3.55. The van der Waals surface area contributed by atoms with Gasteiger partial charge in [-0.2, -0.15) is 0 Å². The minimum Gasteiger partial charge on any atom is -0.381 e. The fourth-order valence-corrected chi connectivity index (χ4v) is 2.29. The molecule has 0 aromatic rings. The lowest BCUT2D eigenvalue weighted by Gasteiger charge is -2.03. The summed E-state index contributed by atoms with van der Waals surface area (Å²) >= 11 is 0. The van der Waals surface area contributed by atoms with Gasteiger partial charge in [0.1, 0.15) is 0 Å². The maximum Gasteiger partial charge on any atom is 0.0515 e. The van der Waals surface area contributed by atoms with E-state index in [0.29, 0.717) is 0 Å². The normalized spacial score (nSPS) is 10.8. The van der Waals surface area contributed by atoms with Crippen LogP contribution < -0.4 is 0 Å². The Morgan fingerprint density at radius 3 is 1.63 bits per heavy atom. The Kier molecular flexibility index (Phi) is 17.3. The zero-order valence-corrected chi connectivity index (χ0v) is 13.1. The van der Waals surface area contributed by atoms with Crippen molar-refractivity contribution in [2.24, 2.45) is 0 Å². The summed E-state index contributed by atoms with van der Waals surface area (Å²) in [6, 6.07) is 0. The first-order valence-corrected chi connectivity index (χ1v) is 8.48. The van der Waals surface area contributed by atoms with Crippen molar-refractivity contribution >= 4 is 6.21 Å². The molecule has 0 aromatic carbocycles. The van der Waals surface area contributed by atoms with Gasteiger partial charge in [-0.05, 0) is 12.6 Å². The predicted molar refractivity (Wildman–Crippen MR) is 85.3 cm³/mol. The van der Waals surface area contributed by atoms with Crippen molar-refractivity contribution in [2.75, 3.05) is 13.2 Å². The quantitative estimate of drug-likeness (QED) is 0.281. The first kappa shape index (κ1) is 18.6. The molecule has 0 amide bonds. The average molecular weight is 269 g/mol. The maximum atomic E-state index is 6.87. The highest BCUT2D eigenvalue weighted by Gasteiger charge is 1.93. The number of rotatable bonds is 16. The van der Waals surface area contributed by atoms with Crippen molar-refractivity contribution in [3.8, 4) is 0 Å². The minimum atomic E-state index is 0.724. The summed E-state index contributed by atoms with van der Waals surface area (Å²) in [5.41, 5.74) is 0. The zero-order valence-electron chi connectivity index (χ0n) is 13.1. The van der Waals surface area contributed by atoms with Gasteiger partial charge in [-0.1, -0.05) is 77.6 Å². The molecule has 0 fully saturated rings. The Labute approximate surface area is 120 Å². The van der Waals surface area contributed by atoms with E-state index in [1.807, 2.05) is 0 Å². The van der Waals surface area contributed by atoms with Crippen LogP contribution in [0.1, 0.15) is 90.4 Å². The van der Waals surface area contributed by atoms with Crippen LogP contribution >= 0.6 is 0 Å². The van der Waals surface area contributed by atoms with Gasteiger partial charge in [-0.15, -0.1) is 0 Å². The molecule has 0 heterocycles. The topological polar surface area (TPSA) is 33.1 Å². The van der Waals surface area contributed by atoms with E-state index in [1.54, 1.807) is 0 Å². The van der Waals surface area contributed by atoms with Crippen LogP contribution in [0.15, 0.2) is 0 Å². The Morgan fingerprint density at radius 1 is 0.684 bits per heavy atom. The molecule has 0 spiro atoms. The highest BCUT2D eigenvalue weighted by atomic mass is 16.5. The second-order valence-corrected chi connectivity index (χ2v) is 5.49. The lowest BCUT2D eigenvalue weighted by atomic mass is 10.1. The van der Waals surface area contributed by atoms with Gasteiger partial charge in [0.15, 0.2) is 0 Å². The third kappa shape index (κ3) is 17.6. The lowest BCUT2D eigenvalue weighted by Crippen LogP contribution is -1.97. The van der Waals surface area contributed by atoms with E-state index >= 15 is 0 Å². The van der Waals surface area contributed by atoms with E-state index in [9.17, 15) is 0 Å². The number of hydrogen-bond acceptors (Lipinski definition) is 2. The van der Waals surface area contributed by atoms with Crippen LogP contribution in [0.4, 0.5) is 0 Å². The molecule has 0 bridgehead atoms. The molecule has 0 aromatic heterocycles. The molecule has 0 atom stereocenters. The molecule has 2 heteroatoms. The number of hydrogen-bond donors (Lipinski definition) is 1. The van der Waals surface area contributed by atoms with Crippen molar-refractivity contribution in [1.82, 2.24) is 0 Å².